The van der Waals surface area contributed by atoms with Crippen LogP contribution >= 0.6 is 0 Å². The number of nitrogens with zero attached hydrogens (tertiary/aromatic N) is 1. The summed E-state index contributed by atoms with van der Waals surface area (Å²) in [5, 5.41) is 0. The zero-order chi connectivity index (χ0) is 17.7. The molecule has 2 aromatic rings. The quantitative estimate of drug-likeness (QED) is 0.808. The highest BCUT2D eigenvalue weighted by molar-refractivity contribution is 5.94. The Morgan fingerprint density at radius 3 is 2.29 bits per heavy atom. The third kappa shape index (κ3) is 4.75. The number of ether oxygens (including phenoxy) is 1. The lowest BCUT2D eigenvalue weighted by Crippen LogP contribution is -2.27. The van der Waals surface area contributed by atoms with E-state index >= 15 is 0 Å². The number of halogens is 3. The van der Waals surface area contributed by atoms with Gasteiger partial charge in [-0.1, -0.05) is 37.3 Å². The topological polar surface area (TPSA) is 29.5 Å². The first kappa shape index (κ1) is 17.8. The molecule has 0 fully saturated rings. The third-order valence-electron chi connectivity index (χ3n) is 3.56. The smallest absolute Gasteiger partial charge is 0.405 e. The standard InChI is InChI=1S/C18H18F3NO2/c1-3-13-8-10-14(11-9-13)17(23)22(2)12-15-6-4-5-7-16(15)24-18(19,20)21/h4-11H,3,12H2,1-2H3. The molecule has 0 aliphatic carbocycles. The van der Waals surface area contributed by atoms with Gasteiger partial charge in [0.1, 0.15) is 5.75 Å². The van der Waals surface area contributed by atoms with Crippen LogP contribution in [0, 0.1) is 0 Å². The maximum atomic E-state index is 12.5. The molecule has 0 aliphatic heterocycles. The fraction of sp³-hybridized carbons (Fsp3) is 0.278. The van der Waals surface area contributed by atoms with Crippen molar-refractivity contribution in [2.24, 2.45) is 0 Å². The van der Waals surface area contributed by atoms with Gasteiger partial charge in [0.15, 0.2) is 0 Å². The van der Waals surface area contributed by atoms with Crippen LogP contribution in [0.3, 0.4) is 0 Å². The minimum atomic E-state index is -4.77. The predicted molar refractivity (Wildman–Crippen MR) is 84.7 cm³/mol. The number of hydrogen-bond acceptors (Lipinski definition) is 2. The highest BCUT2D eigenvalue weighted by Gasteiger charge is 2.32. The average Bonchev–Trinajstić information content (AvgIpc) is 2.54. The second-order valence-electron chi connectivity index (χ2n) is 5.37. The van der Waals surface area contributed by atoms with Gasteiger partial charge in [-0.05, 0) is 30.2 Å². The average molecular weight is 337 g/mol. The highest BCUT2D eigenvalue weighted by Crippen LogP contribution is 2.27. The maximum absolute atomic E-state index is 12.5. The van der Waals surface area contributed by atoms with Crippen LogP contribution in [0.5, 0.6) is 5.75 Å². The molecule has 0 spiro atoms. The number of alkyl halides is 3. The van der Waals surface area contributed by atoms with Crippen molar-refractivity contribution < 1.29 is 22.7 Å². The van der Waals surface area contributed by atoms with Gasteiger partial charge in [-0.15, -0.1) is 13.2 Å². The Kier molecular flexibility index (Phi) is 5.49. The SMILES string of the molecule is CCc1ccc(C(=O)N(C)Cc2ccccc2OC(F)(F)F)cc1. The van der Waals surface area contributed by atoms with E-state index in [-0.39, 0.29) is 23.8 Å². The monoisotopic (exact) mass is 337 g/mol. The molecule has 0 aromatic heterocycles. The third-order valence-corrected chi connectivity index (χ3v) is 3.56. The van der Waals surface area contributed by atoms with E-state index in [4.69, 9.17) is 0 Å². The minimum absolute atomic E-state index is 0.0145. The van der Waals surface area contributed by atoms with Crippen molar-refractivity contribution in [1.82, 2.24) is 4.90 Å². The Balaban J connectivity index is 2.14. The van der Waals surface area contributed by atoms with Gasteiger partial charge < -0.3 is 9.64 Å². The molecule has 1 amide bonds. The van der Waals surface area contributed by atoms with Gasteiger partial charge in [-0.2, -0.15) is 0 Å². The molecule has 6 heteroatoms. The molecule has 128 valence electrons. The van der Waals surface area contributed by atoms with Crippen molar-refractivity contribution in [3.8, 4) is 5.75 Å². The number of hydrogen-bond donors (Lipinski definition) is 0. The lowest BCUT2D eigenvalue weighted by molar-refractivity contribution is -0.274. The molecule has 0 bridgehead atoms. The fourth-order valence-corrected chi connectivity index (χ4v) is 2.29. The van der Waals surface area contributed by atoms with Crippen LogP contribution in [0.2, 0.25) is 0 Å². The van der Waals surface area contributed by atoms with Crippen molar-refractivity contribution in [2.45, 2.75) is 26.3 Å². The normalized spacial score (nSPS) is 11.2. The molecule has 0 atom stereocenters. The summed E-state index contributed by atoms with van der Waals surface area (Å²) < 4.78 is 41.4. The number of aryl methyl sites for hydroxylation is 1. The number of carbonyl (C=O) groups is 1. The van der Waals surface area contributed by atoms with E-state index in [2.05, 4.69) is 4.74 Å². The molecule has 0 saturated heterocycles. The van der Waals surface area contributed by atoms with E-state index in [9.17, 15) is 18.0 Å². The predicted octanol–water partition coefficient (Wildman–Crippen LogP) is 4.42. The molecular formula is C18H18F3NO2. The molecule has 0 unspecified atom stereocenters. The van der Waals surface area contributed by atoms with Crippen molar-refractivity contribution in [1.29, 1.82) is 0 Å². The molecule has 0 aliphatic rings. The Bertz CT molecular complexity index is 696. The highest BCUT2D eigenvalue weighted by atomic mass is 19.4. The number of carbonyl (C=O) groups excluding carboxylic acids is 1. The molecule has 3 nitrogen and oxygen atoms in total. The van der Waals surface area contributed by atoms with Crippen LogP contribution in [-0.2, 0) is 13.0 Å². The summed E-state index contributed by atoms with van der Waals surface area (Å²) >= 11 is 0. The first-order valence-corrected chi connectivity index (χ1v) is 7.48. The van der Waals surface area contributed by atoms with Crippen LogP contribution in [0.25, 0.3) is 0 Å². The van der Waals surface area contributed by atoms with Gasteiger partial charge in [0.2, 0.25) is 0 Å². The van der Waals surface area contributed by atoms with Crippen molar-refractivity contribution >= 4 is 5.91 Å². The molecule has 0 saturated carbocycles. The van der Waals surface area contributed by atoms with Gasteiger partial charge in [0.05, 0.1) is 0 Å². The van der Waals surface area contributed by atoms with Crippen molar-refractivity contribution in [3.63, 3.8) is 0 Å². The molecule has 2 rings (SSSR count). The van der Waals surface area contributed by atoms with Gasteiger partial charge in [0.25, 0.3) is 5.91 Å². The van der Waals surface area contributed by atoms with Crippen LogP contribution in [0.15, 0.2) is 48.5 Å². The number of para-hydroxylation sites is 1. The van der Waals surface area contributed by atoms with Crippen LogP contribution in [0.4, 0.5) is 13.2 Å². The van der Waals surface area contributed by atoms with Gasteiger partial charge in [0, 0.05) is 24.7 Å². The lowest BCUT2D eigenvalue weighted by atomic mass is 10.1. The summed E-state index contributed by atoms with van der Waals surface area (Å²) in [6.45, 7) is 2.03. The molecule has 0 N–H and O–H groups in total. The second-order valence-corrected chi connectivity index (χ2v) is 5.37. The van der Waals surface area contributed by atoms with Crippen molar-refractivity contribution in [2.75, 3.05) is 7.05 Å². The molecule has 2 aromatic carbocycles. The van der Waals surface area contributed by atoms with E-state index < -0.39 is 6.36 Å². The Morgan fingerprint density at radius 1 is 1.08 bits per heavy atom. The summed E-state index contributed by atoms with van der Waals surface area (Å²) in [6.07, 6.45) is -3.90. The molecule has 0 radical (unpaired) electrons. The zero-order valence-electron chi connectivity index (χ0n) is 13.4. The molecule has 24 heavy (non-hydrogen) atoms. The van der Waals surface area contributed by atoms with Crippen LogP contribution in [0.1, 0.15) is 28.4 Å². The Labute approximate surface area is 138 Å². The summed E-state index contributed by atoms with van der Waals surface area (Å²) in [6, 6.07) is 13.0. The summed E-state index contributed by atoms with van der Waals surface area (Å²) in [5.74, 6) is -0.564. The number of rotatable bonds is 5. The largest absolute Gasteiger partial charge is 0.573 e. The van der Waals surface area contributed by atoms with Gasteiger partial charge in [-0.3, -0.25) is 4.79 Å². The van der Waals surface area contributed by atoms with E-state index in [0.29, 0.717) is 5.56 Å². The minimum Gasteiger partial charge on any atom is -0.405 e. The van der Waals surface area contributed by atoms with Gasteiger partial charge in [-0.25, -0.2) is 0 Å². The van der Waals surface area contributed by atoms with E-state index in [1.165, 1.54) is 23.1 Å². The van der Waals surface area contributed by atoms with E-state index in [0.717, 1.165) is 12.0 Å². The van der Waals surface area contributed by atoms with Crippen molar-refractivity contribution in [3.05, 3.63) is 65.2 Å². The molecule has 0 heterocycles. The first-order chi connectivity index (χ1) is 11.3. The first-order valence-electron chi connectivity index (χ1n) is 7.48. The second kappa shape index (κ2) is 7.38. The lowest BCUT2D eigenvalue weighted by Gasteiger charge is -2.20. The number of benzene rings is 2. The summed E-state index contributed by atoms with van der Waals surface area (Å²) in [4.78, 5) is 13.8. The zero-order valence-corrected chi connectivity index (χ0v) is 13.4. The van der Waals surface area contributed by atoms with Gasteiger partial charge >= 0.3 is 6.36 Å². The van der Waals surface area contributed by atoms with E-state index in [1.807, 2.05) is 19.1 Å². The van der Waals surface area contributed by atoms with Crippen LogP contribution < -0.4 is 4.74 Å². The molecular weight excluding hydrogens is 319 g/mol. The maximum Gasteiger partial charge on any atom is 0.573 e. The summed E-state index contributed by atoms with van der Waals surface area (Å²) in [5.41, 5.74) is 1.89. The summed E-state index contributed by atoms with van der Waals surface area (Å²) in [7, 11) is 1.54. The van der Waals surface area contributed by atoms with E-state index in [1.54, 1.807) is 25.2 Å². The number of amides is 1. The Morgan fingerprint density at radius 2 is 1.71 bits per heavy atom. The Hall–Kier alpha value is -2.50. The van der Waals surface area contributed by atoms with Crippen LogP contribution in [-0.4, -0.2) is 24.2 Å². The fourth-order valence-electron chi connectivity index (χ4n) is 2.29.